The summed E-state index contributed by atoms with van der Waals surface area (Å²) in [5, 5.41) is 0. The molecule has 0 bridgehead atoms. The first-order chi connectivity index (χ1) is 12.9. The Kier molecular flexibility index (Phi) is 6.91. The van der Waals surface area contributed by atoms with Gasteiger partial charge in [0, 0.05) is 41.8 Å². The Labute approximate surface area is 172 Å². The maximum Gasteiger partial charge on any atom is 0.164 e. The van der Waals surface area contributed by atoms with Gasteiger partial charge < -0.3 is 0 Å². The highest BCUT2D eigenvalue weighted by atomic mass is 32.2. The molecule has 0 atom stereocenters. The van der Waals surface area contributed by atoms with Crippen LogP contribution in [0.2, 0.25) is 0 Å². The second-order valence-electron chi connectivity index (χ2n) is 7.70. The fourth-order valence-electron chi connectivity index (χ4n) is 4.11. The summed E-state index contributed by atoms with van der Waals surface area (Å²) >= 11 is 3.92. The molecular formula is C23H31NOS2. The van der Waals surface area contributed by atoms with Gasteiger partial charge in [0.2, 0.25) is 0 Å². The third-order valence-corrected chi connectivity index (χ3v) is 8.43. The van der Waals surface area contributed by atoms with E-state index in [1.165, 1.54) is 51.5 Å². The van der Waals surface area contributed by atoms with Gasteiger partial charge in [-0.3, -0.25) is 9.79 Å². The molecule has 27 heavy (non-hydrogen) atoms. The molecule has 0 fully saturated rings. The van der Waals surface area contributed by atoms with E-state index in [1.54, 1.807) is 10.5 Å². The average molecular weight is 402 g/mol. The van der Waals surface area contributed by atoms with E-state index in [1.807, 2.05) is 30.6 Å². The molecule has 0 radical (unpaired) electrons. The molecule has 0 saturated heterocycles. The number of aliphatic imine (C=N–C) groups is 1. The predicted molar refractivity (Wildman–Crippen MR) is 122 cm³/mol. The van der Waals surface area contributed by atoms with E-state index in [2.05, 4.69) is 32.7 Å². The minimum absolute atomic E-state index is 0.366. The molecule has 2 nitrogen and oxygen atoms in total. The molecule has 4 aliphatic rings. The van der Waals surface area contributed by atoms with E-state index in [0.717, 1.165) is 37.0 Å². The Bertz CT molecular complexity index is 808. The van der Waals surface area contributed by atoms with E-state index in [-0.39, 0.29) is 0 Å². The van der Waals surface area contributed by atoms with Crippen LogP contribution in [0.1, 0.15) is 66.2 Å². The van der Waals surface area contributed by atoms with Crippen molar-refractivity contribution >= 4 is 35.0 Å². The van der Waals surface area contributed by atoms with Crippen LogP contribution in [0.15, 0.2) is 48.2 Å². The van der Waals surface area contributed by atoms with Crippen LogP contribution in [0, 0.1) is 0 Å². The quantitative estimate of drug-likeness (QED) is 0.455. The molecule has 0 aromatic heterocycles. The summed E-state index contributed by atoms with van der Waals surface area (Å²) in [5.41, 5.74) is 9.54. The molecule has 0 spiro atoms. The molecule has 4 rings (SSSR count). The summed E-state index contributed by atoms with van der Waals surface area (Å²) < 4.78 is 0. The number of thioether (sulfide) groups is 2. The lowest BCUT2D eigenvalue weighted by Crippen LogP contribution is -2.16. The zero-order valence-corrected chi connectivity index (χ0v) is 19.0. The van der Waals surface area contributed by atoms with Gasteiger partial charge in [0.15, 0.2) is 5.78 Å². The summed E-state index contributed by atoms with van der Waals surface area (Å²) in [5.74, 6) is 2.58. The fourth-order valence-corrected chi connectivity index (χ4v) is 6.51. The first-order valence-electron chi connectivity index (χ1n) is 9.98. The molecule has 0 saturated carbocycles. The van der Waals surface area contributed by atoms with Gasteiger partial charge in [0.1, 0.15) is 0 Å². The third kappa shape index (κ3) is 4.37. The molecule has 0 unspecified atom stereocenters. The maximum atomic E-state index is 11.7. The van der Waals surface area contributed by atoms with Crippen molar-refractivity contribution in [1.82, 2.24) is 0 Å². The van der Waals surface area contributed by atoms with Crippen LogP contribution in [-0.2, 0) is 4.79 Å². The van der Waals surface area contributed by atoms with E-state index in [9.17, 15) is 4.79 Å². The molecule has 2 heterocycles. The lowest BCUT2D eigenvalue weighted by molar-refractivity contribution is -0.115. The highest BCUT2D eigenvalue weighted by Crippen LogP contribution is 2.41. The first-order valence-corrected chi connectivity index (χ1v) is 12.0. The van der Waals surface area contributed by atoms with Crippen molar-refractivity contribution in [2.24, 2.45) is 4.99 Å². The highest BCUT2D eigenvalue weighted by Gasteiger charge is 2.26. The summed E-state index contributed by atoms with van der Waals surface area (Å²) in [6.07, 6.45) is 6.59. The second-order valence-corrected chi connectivity index (χ2v) is 10.1. The minimum atomic E-state index is 0.366. The van der Waals surface area contributed by atoms with E-state index >= 15 is 0 Å². The highest BCUT2D eigenvalue weighted by molar-refractivity contribution is 8.03. The van der Waals surface area contributed by atoms with E-state index in [4.69, 9.17) is 0 Å². The van der Waals surface area contributed by atoms with Gasteiger partial charge in [-0.25, -0.2) is 0 Å². The molecule has 2 aliphatic heterocycles. The number of nitrogens with zero attached hydrogens (tertiary/aromatic N) is 1. The normalized spacial score (nSPS) is 24.8. The van der Waals surface area contributed by atoms with Gasteiger partial charge in [-0.05, 0) is 80.8 Å². The standard InChI is InChI=1S/C12H17NS.C11H14OS/c1-8-4-5-11-12(9(8)2)10(13-3)6-7-14-11;1-7-3-4-10-11(8(7)2)9(12)5-6-13-10/h4-7H2,1-3H3;3-6H2,1-2H3. The van der Waals surface area contributed by atoms with Crippen molar-refractivity contribution < 1.29 is 4.79 Å². The van der Waals surface area contributed by atoms with Crippen LogP contribution in [0.5, 0.6) is 0 Å². The summed E-state index contributed by atoms with van der Waals surface area (Å²) in [7, 11) is 1.92. The van der Waals surface area contributed by atoms with Crippen LogP contribution in [0.25, 0.3) is 0 Å². The Morgan fingerprint density at radius 2 is 1.22 bits per heavy atom. The first kappa shape index (κ1) is 20.7. The number of Topliss-reactive ketones (excluding diaryl/α,β-unsaturated/α-hetero) is 1. The lowest BCUT2D eigenvalue weighted by Gasteiger charge is -2.27. The lowest BCUT2D eigenvalue weighted by atomic mass is 9.88. The molecular weight excluding hydrogens is 370 g/mol. The number of ketones is 1. The van der Waals surface area contributed by atoms with Gasteiger partial charge in [0.25, 0.3) is 0 Å². The summed E-state index contributed by atoms with van der Waals surface area (Å²) in [6.45, 7) is 8.74. The van der Waals surface area contributed by atoms with E-state index < -0.39 is 0 Å². The number of carbonyl (C=O) groups excluding carboxylic acids is 1. The topological polar surface area (TPSA) is 29.4 Å². The summed E-state index contributed by atoms with van der Waals surface area (Å²) in [6, 6.07) is 0. The SMILES string of the molecule is CC1=C(C)C2=C(CC1)SCCC2=O.CN=C1CCSC2=C1C(C)=C(C)CC2. The summed E-state index contributed by atoms with van der Waals surface area (Å²) in [4.78, 5) is 19.0. The smallest absolute Gasteiger partial charge is 0.164 e. The molecule has 0 aromatic carbocycles. The number of carbonyl (C=O) groups is 1. The minimum Gasteiger partial charge on any atom is -0.294 e. The number of hydrogen-bond acceptors (Lipinski definition) is 4. The van der Waals surface area contributed by atoms with Crippen molar-refractivity contribution in [2.75, 3.05) is 18.6 Å². The van der Waals surface area contributed by atoms with Gasteiger partial charge >= 0.3 is 0 Å². The molecule has 2 aliphatic carbocycles. The number of allylic oxidation sites excluding steroid dienone is 8. The van der Waals surface area contributed by atoms with Gasteiger partial charge in [-0.15, -0.1) is 23.5 Å². The van der Waals surface area contributed by atoms with Crippen LogP contribution in [0.4, 0.5) is 0 Å². The van der Waals surface area contributed by atoms with Crippen molar-refractivity contribution in [3.63, 3.8) is 0 Å². The van der Waals surface area contributed by atoms with Crippen molar-refractivity contribution in [3.05, 3.63) is 43.2 Å². The van der Waals surface area contributed by atoms with Crippen LogP contribution >= 0.6 is 23.5 Å². The largest absolute Gasteiger partial charge is 0.294 e. The predicted octanol–water partition coefficient (Wildman–Crippen LogP) is 6.66. The zero-order chi connectivity index (χ0) is 19.6. The van der Waals surface area contributed by atoms with E-state index in [0.29, 0.717) is 5.78 Å². The van der Waals surface area contributed by atoms with Crippen LogP contribution in [0.3, 0.4) is 0 Å². The Morgan fingerprint density at radius 3 is 1.81 bits per heavy atom. The number of hydrogen-bond donors (Lipinski definition) is 0. The second kappa shape index (κ2) is 9.00. The average Bonchev–Trinajstić information content (AvgIpc) is 2.68. The Balaban J connectivity index is 0.000000156. The van der Waals surface area contributed by atoms with Gasteiger partial charge in [-0.1, -0.05) is 11.1 Å². The molecule has 4 heteroatoms. The van der Waals surface area contributed by atoms with Crippen LogP contribution < -0.4 is 0 Å². The third-order valence-electron chi connectivity index (χ3n) is 6.10. The fraction of sp³-hybridized carbons (Fsp3) is 0.565. The van der Waals surface area contributed by atoms with Gasteiger partial charge in [0.05, 0.1) is 0 Å². The number of rotatable bonds is 0. The molecule has 0 aromatic rings. The Morgan fingerprint density at radius 1 is 0.704 bits per heavy atom. The van der Waals surface area contributed by atoms with Crippen molar-refractivity contribution in [1.29, 1.82) is 0 Å². The van der Waals surface area contributed by atoms with Crippen molar-refractivity contribution in [2.45, 2.75) is 66.2 Å². The molecule has 0 amide bonds. The van der Waals surface area contributed by atoms with Crippen molar-refractivity contribution in [3.8, 4) is 0 Å². The van der Waals surface area contributed by atoms with Crippen LogP contribution in [-0.4, -0.2) is 30.0 Å². The van der Waals surface area contributed by atoms with Gasteiger partial charge in [-0.2, -0.15) is 0 Å². The zero-order valence-electron chi connectivity index (χ0n) is 17.3. The monoisotopic (exact) mass is 401 g/mol. The Hall–Kier alpha value is -1.00. The molecule has 146 valence electrons. The maximum absolute atomic E-state index is 11.7. The molecule has 0 N–H and O–H groups in total.